The van der Waals surface area contributed by atoms with Gasteiger partial charge in [-0.3, -0.25) is 14.5 Å². The SMILES string of the molecule is CS(=O)(=O)c1ccc(C(=O)N2CCCCC2=O)cc1. The quantitative estimate of drug-likeness (QED) is 0.765. The van der Waals surface area contributed by atoms with Gasteiger partial charge in [-0.2, -0.15) is 0 Å². The zero-order chi connectivity index (χ0) is 14.0. The third kappa shape index (κ3) is 3.01. The largest absolute Gasteiger partial charge is 0.279 e. The molecular weight excluding hydrogens is 266 g/mol. The molecule has 1 aromatic carbocycles. The van der Waals surface area contributed by atoms with E-state index in [1.165, 1.54) is 29.2 Å². The summed E-state index contributed by atoms with van der Waals surface area (Å²) >= 11 is 0. The minimum Gasteiger partial charge on any atom is -0.279 e. The molecule has 1 heterocycles. The number of carbonyl (C=O) groups excluding carboxylic acids is 2. The van der Waals surface area contributed by atoms with Gasteiger partial charge in [0.05, 0.1) is 4.90 Å². The maximum atomic E-state index is 12.1. The standard InChI is InChI=1S/C13H15NO4S/c1-19(17,18)11-7-5-10(6-8-11)13(16)14-9-3-2-4-12(14)15/h5-8H,2-4,9H2,1H3. The van der Waals surface area contributed by atoms with Crippen LogP contribution >= 0.6 is 0 Å². The molecule has 102 valence electrons. The van der Waals surface area contributed by atoms with E-state index in [2.05, 4.69) is 0 Å². The second-order valence-electron chi connectivity index (χ2n) is 4.60. The van der Waals surface area contributed by atoms with E-state index in [9.17, 15) is 18.0 Å². The van der Waals surface area contributed by atoms with E-state index >= 15 is 0 Å². The Morgan fingerprint density at radius 1 is 1.16 bits per heavy atom. The molecule has 6 heteroatoms. The number of piperidine rings is 1. The Morgan fingerprint density at radius 2 is 1.79 bits per heavy atom. The lowest BCUT2D eigenvalue weighted by atomic mass is 10.1. The van der Waals surface area contributed by atoms with Gasteiger partial charge in [-0.15, -0.1) is 0 Å². The zero-order valence-corrected chi connectivity index (χ0v) is 11.4. The lowest BCUT2D eigenvalue weighted by Crippen LogP contribution is -2.40. The summed E-state index contributed by atoms with van der Waals surface area (Å²) in [6, 6.07) is 5.66. The molecular formula is C13H15NO4S. The van der Waals surface area contributed by atoms with E-state index in [0.29, 0.717) is 18.5 Å². The summed E-state index contributed by atoms with van der Waals surface area (Å²) in [5, 5.41) is 0. The molecule has 0 atom stereocenters. The number of hydrogen-bond acceptors (Lipinski definition) is 4. The fourth-order valence-electron chi connectivity index (χ4n) is 2.02. The molecule has 1 aromatic rings. The molecule has 1 fully saturated rings. The summed E-state index contributed by atoms with van der Waals surface area (Å²) in [6.07, 6.45) is 3.14. The van der Waals surface area contributed by atoms with Crippen LogP contribution in [0.25, 0.3) is 0 Å². The van der Waals surface area contributed by atoms with Crippen LogP contribution in [0.5, 0.6) is 0 Å². The average Bonchev–Trinajstić information content (AvgIpc) is 2.38. The van der Waals surface area contributed by atoms with Gasteiger partial charge in [0, 0.05) is 24.8 Å². The molecule has 1 saturated heterocycles. The molecule has 0 spiro atoms. The number of benzene rings is 1. The zero-order valence-electron chi connectivity index (χ0n) is 10.6. The molecule has 2 amide bonds. The Hall–Kier alpha value is -1.69. The van der Waals surface area contributed by atoms with Gasteiger partial charge in [-0.25, -0.2) is 8.42 Å². The van der Waals surface area contributed by atoms with Gasteiger partial charge in [0.1, 0.15) is 0 Å². The molecule has 19 heavy (non-hydrogen) atoms. The van der Waals surface area contributed by atoms with Crippen molar-refractivity contribution in [3.8, 4) is 0 Å². The number of nitrogens with zero attached hydrogens (tertiary/aromatic N) is 1. The molecule has 0 radical (unpaired) electrons. The van der Waals surface area contributed by atoms with E-state index < -0.39 is 9.84 Å². The Kier molecular flexibility index (Phi) is 3.71. The van der Waals surface area contributed by atoms with Crippen molar-refractivity contribution in [3.05, 3.63) is 29.8 Å². The number of sulfone groups is 1. The van der Waals surface area contributed by atoms with Crippen molar-refractivity contribution < 1.29 is 18.0 Å². The summed E-state index contributed by atoms with van der Waals surface area (Å²) in [4.78, 5) is 25.2. The Morgan fingerprint density at radius 3 is 2.32 bits per heavy atom. The van der Waals surface area contributed by atoms with Crippen molar-refractivity contribution in [2.75, 3.05) is 12.8 Å². The lowest BCUT2D eigenvalue weighted by Gasteiger charge is -2.24. The molecule has 0 aromatic heterocycles. The van der Waals surface area contributed by atoms with Crippen LogP contribution < -0.4 is 0 Å². The first kappa shape index (κ1) is 13.7. The molecule has 0 saturated carbocycles. The molecule has 2 rings (SSSR count). The third-order valence-corrected chi connectivity index (χ3v) is 4.23. The number of rotatable bonds is 2. The first-order valence-electron chi connectivity index (χ1n) is 6.04. The monoisotopic (exact) mass is 281 g/mol. The molecule has 0 aliphatic carbocycles. The summed E-state index contributed by atoms with van der Waals surface area (Å²) in [5.74, 6) is -0.520. The maximum Gasteiger partial charge on any atom is 0.260 e. The molecule has 5 nitrogen and oxygen atoms in total. The number of amides is 2. The van der Waals surface area contributed by atoms with E-state index in [1.54, 1.807) is 0 Å². The van der Waals surface area contributed by atoms with Gasteiger partial charge in [0.2, 0.25) is 5.91 Å². The number of likely N-dealkylation sites (tertiary alicyclic amines) is 1. The normalized spacial score (nSPS) is 16.5. The van der Waals surface area contributed by atoms with Gasteiger partial charge in [0.25, 0.3) is 5.91 Å². The highest BCUT2D eigenvalue weighted by molar-refractivity contribution is 7.90. The van der Waals surface area contributed by atoms with Crippen molar-refractivity contribution in [1.82, 2.24) is 4.90 Å². The fourth-order valence-corrected chi connectivity index (χ4v) is 2.65. The number of carbonyl (C=O) groups is 2. The third-order valence-electron chi connectivity index (χ3n) is 3.10. The second-order valence-corrected chi connectivity index (χ2v) is 6.62. The van der Waals surface area contributed by atoms with Gasteiger partial charge in [-0.05, 0) is 37.1 Å². The minimum absolute atomic E-state index is 0.161. The highest BCUT2D eigenvalue weighted by Gasteiger charge is 2.25. The van der Waals surface area contributed by atoms with Crippen LogP contribution in [0.4, 0.5) is 0 Å². The summed E-state index contributed by atoms with van der Waals surface area (Å²) in [7, 11) is -3.27. The van der Waals surface area contributed by atoms with Gasteiger partial charge < -0.3 is 0 Å². The molecule has 1 aliphatic heterocycles. The van der Waals surface area contributed by atoms with Crippen LogP contribution in [0.15, 0.2) is 29.2 Å². The van der Waals surface area contributed by atoms with Crippen molar-refractivity contribution in [2.45, 2.75) is 24.2 Å². The highest BCUT2D eigenvalue weighted by atomic mass is 32.2. The first-order valence-corrected chi connectivity index (χ1v) is 7.93. The van der Waals surface area contributed by atoms with E-state index in [0.717, 1.165) is 19.1 Å². The van der Waals surface area contributed by atoms with Crippen LogP contribution in [-0.4, -0.2) is 37.9 Å². The van der Waals surface area contributed by atoms with E-state index in [1.807, 2.05) is 0 Å². The van der Waals surface area contributed by atoms with Crippen LogP contribution in [0.1, 0.15) is 29.6 Å². The van der Waals surface area contributed by atoms with Crippen LogP contribution in [-0.2, 0) is 14.6 Å². The van der Waals surface area contributed by atoms with Crippen LogP contribution in [0, 0.1) is 0 Å². The first-order chi connectivity index (χ1) is 8.89. The molecule has 0 N–H and O–H groups in total. The van der Waals surface area contributed by atoms with Crippen molar-refractivity contribution in [2.24, 2.45) is 0 Å². The Balaban J connectivity index is 2.22. The Bertz CT molecular complexity index is 604. The Labute approximate surface area is 112 Å². The highest BCUT2D eigenvalue weighted by Crippen LogP contribution is 2.16. The number of hydrogen-bond donors (Lipinski definition) is 0. The van der Waals surface area contributed by atoms with Crippen molar-refractivity contribution >= 4 is 21.7 Å². The fraction of sp³-hybridized carbons (Fsp3) is 0.385. The second kappa shape index (κ2) is 5.13. The molecule has 1 aliphatic rings. The molecule has 0 bridgehead atoms. The summed E-state index contributed by atoms with van der Waals surface area (Å²) in [6.45, 7) is 0.436. The van der Waals surface area contributed by atoms with Gasteiger partial charge in [0.15, 0.2) is 9.84 Å². The van der Waals surface area contributed by atoms with Crippen LogP contribution in [0.2, 0.25) is 0 Å². The maximum absolute atomic E-state index is 12.1. The molecule has 0 unspecified atom stereocenters. The summed E-state index contributed by atoms with van der Waals surface area (Å²) < 4.78 is 22.6. The van der Waals surface area contributed by atoms with E-state index in [4.69, 9.17) is 0 Å². The minimum atomic E-state index is -3.27. The topological polar surface area (TPSA) is 71.5 Å². The smallest absolute Gasteiger partial charge is 0.260 e. The van der Waals surface area contributed by atoms with E-state index in [-0.39, 0.29) is 16.7 Å². The average molecular weight is 281 g/mol. The predicted octanol–water partition coefficient (Wildman–Crippen LogP) is 1.24. The predicted molar refractivity (Wildman–Crippen MR) is 69.4 cm³/mol. The van der Waals surface area contributed by atoms with Gasteiger partial charge >= 0.3 is 0 Å². The van der Waals surface area contributed by atoms with Crippen molar-refractivity contribution in [3.63, 3.8) is 0 Å². The summed E-state index contributed by atoms with van der Waals surface area (Å²) in [5.41, 5.74) is 0.336. The lowest BCUT2D eigenvalue weighted by molar-refractivity contribution is -0.130. The van der Waals surface area contributed by atoms with Crippen LogP contribution in [0.3, 0.4) is 0 Å². The van der Waals surface area contributed by atoms with Crippen molar-refractivity contribution in [1.29, 1.82) is 0 Å². The van der Waals surface area contributed by atoms with Gasteiger partial charge in [-0.1, -0.05) is 0 Å². The number of imide groups is 1.